The first-order valence-corrected chi connectivity index (χ1v) is 6.07. The maximum atomic E-state index is 11.1. The minimum atomic E-state index is -1.24. The molecular weight excluding hydrogens is 242 g/mol. The van der Waals surface area contributed by atoms with Gasteiger partial charge in [0.1, 0.15) is 0 Å². The standard InChI is InChI=1S/C15H15NO3/c1-14(19,15(10-16)8-9-15)7-6-11-4-2-3-5-12(11)13(17)18/h2-7,19H,8-9H2,1H3,(H,17,18)/b7-6+/t14-/m0/s1. The lowest BCUT2D eigenvalue weighted by Gasteiger charge is -2.24. The van der Waals surface area contributed by atoms with E-state index in [9.17, 15) is 9.90 Å². The Bertz CT molecular complexity index is 577. The van der Waals surface area contributed by atoms with Gasteiger partial charge in [0.15, 0.2) is 0 Å². The lowest BCUT2D eigenvalue weighted by Crippen LogP contribution is -2.32. The van der Waals surface area contributed by atoms with Crippen molar-refractivity contribution in [3.05, 3.63) is 41.5 Å². The molecule has 1 fully saturated rings. The fraction of sp³-hybridized carbons (Fsp3) is 0.333. The molecule has 0 spiro atoms. The molecule has 1 atom stereocenters. The molecule has 0 aliphatic heterocycles. The third-order valence-corrected chi connectivity index (χ3v) is 3.71. The van der Waals surface area contributed by atoms with Crippen LogP contribution in [0.4, 0.5) is 0 Å². The number of nitriles is 1. The van der Waals surface area contributed by atoms with Gasteiger partial charge in [-0.25, -0.2) is 4.79 Å². The normalized spacial score (nSPS) is 19.6. The van der Waals surface area contributed by atoms with Crippen molar-refractivity contribution in [2.24, 2.45) is 5.41 Å². The van der Waals surface area contributed by atoms with Crippen molar-refractivity contribution in [3.8, 4) is 6.07 Å². The van der Waals surface area contributed by atoms with Crippen LogP contribution in [0.25, 0.3) is 6.08 Å². The summed E-state index contributed by atoms with van der Waals surface area (Å²) in [6.45, 7) is 1.59. The highest BCUT2D eigenvalue weighted by Crippen LogP contribution is 2.54. The Labute approximate surface area is 111 Å². The Morgan fingerprint density at radius 3 is 2.63 bits per heavy atom. The van der Waals surface area contributed by atoms with Crippen LogP contribution >= 0.6 is 0 Å². The molecule has 0 amide bonds. The van der Waals surface area contributed by atoms with E-state index >= 15 is 0 Å². The number of hydrogen-bond donors (Lipinski definition) is 2. The minimum Gasteiger partial charge on any atom is -0.478 e. The van der Waals surface area contributed by atoms with Crippen molar-refractivity contribution in [3.63, 3.8) is 0 Å². The van der Waals surface area contributed by atoms with Crippen LogP contribution in [0.1, 0.15) is 35.7 Å². The number of rotatable bonds is 4. The van der Waals surface area contributed by atoms with Gasteiger partial charge in [-0.1, -0.05) is 30.4 Å². The SMILES string of the molecule is C[C@](O)(/C=C/c1ccccc1C(=O)O)C1(C#N)CC1. The summed E-state index contributed by atoms with van der Waals surface area (Å²) in [5.41, 5.74) is -1.27. The number of carboxylic acids is 1. The van der Waals surface area contributed by atoms with Crippen LogP contribution in [-0.2, 0) is 0 Å². The number of nitrogens with zero attached hydrogens (tertiary/aromatic N) is 1. The number of aliphatic hydroxyl groups is 1. The number of hydrogen-bond acceptors (Lipinski definition) is 3. The predicted octanol–water partition coefficient (Wildman–Crippen LogP) is 2.45. The number of aromatic carboxylic acids is 1. The van der Waals surface area contributed by atoms with Gasteiger partial charge in [-0.05, 0) is 31.4 Å². The van der Waals surface area contributed by atoms with Crippen molar-refractivity contribution >= 4 is 12.0 Å². The smallest absolute Gasteiger partial charge is 0.336 e. The molecule has 1 saturated carbocycles. The molecule has 19 heavy (non-hydrogen) atoms. The molecule has 0 unspecified atom stereocenters. The summed E-state index contributed by atoms with van der Waals surface area (Å²) in [5, 5.41) is 28.5. The lowest BCUT2D eigenvalue weighted by atomic mass is 9.86. The Kier molecular flexibility index (Phi) is 3.17. The molecule has 0 heterocycles. The monoisotopic (exact) mass is 257 g/mol. The van der Waals surface area contributed by atoms with Crippen LogP contribution in [0.3, 0.4) is 0 Å². The first kappa shape index (κ1) is 13.3. The van der Waals surface area contributed by atoms with Gasteiger partial charge in [0.25, 0.3) is 0 Å². The van der Waals surface area contributed by atoms with Crippen LogP contribution in [0.15, 0.2) is 30.3 Å². The Morgan fingerprint density at radius 1 is 1.47 bits per heavy atom. The van der Waals surface area contributed by atoms with Gasteiger partial charge in [0, 0.05) is 0 Å². The Balaban J connectivity index is 2.29. The zero-order valence-electron chi connectivity index (χ0n) is 10.6. The molecule has 2 N–H and O–H groups in total. The number of benzene rings is 1. The molecule has 0 radical (unpaired) electrons. The minimum absolute atomic E-state index is 0.177. The van der Waals surface area contributed by atoms with E-state index in [1.807, 2.05) is 0 Å². The summed E-state index contributed by atoms with van der Waals surface area (Å²) in [6, 6.07) is 8.71. The van der Waals surface area contributed by atoms with Crippen molar-refractivity contribution in [1.29, 1.82) is 5.26 Å². The molecule has 98 valence electrons. The summed E-state index contributed by atoms with van der Waals surface area (Å²) in [6.07, 6.45) is 4.43. The lowest BCUT2D eigenvalue weighted by molar-refractivity contribution is 0.0588. The third-order valence-electron chi connectivity index (χ3n) is 3.71. The van der Waals surface area contributed by atoms with Gasteiger partial charge in [0.2, 0.25) is 0 Å². The van der Waals surface area contributed by atoms with Crippen molar-refractivity contribution in [1.82, 2.24) is 0 Å². The highest BCUT2D eigenvalue weighted by Gasteiger charge is 2.55. The van der Waals surface area contributed by atoms with Crippen LogP contribution in [0.5, 0.6) is 0 Å². The Hall–Kier alpha value is -2.12. The van der Waals surface area contributed by atoms with E-state index < -0.39 is 17.0 Å². The second-order valence-electron chi connectivity index (χ2n) is 5.07. The zero-order valence-corrected chi connectivity index (χ0v) is 10.6. The zero-order chi connectivity index (χ0) is 14.1. The Morgan fingerprint density at radius 2 is 2.11 bits per heavy atom. The topological polar surface area (TPSA) is 81.3 Å². The van der Waals surface area contributed by atoms with E-state index in [-0.39, 0.29) is 5.56 Å². The maximum Gasteiger partial charge on any atom is 0.336 e. The molecule has 0 saturated heterocycles. The van der Waals surface area contributed by atoms with E-state index in [1.54, 1.807) is 31.2 Å². The van der Waals surface area contributed by atoms with Crippen LogP contribution in [-0.4, -0.2) is 21.8 Å². The first-order chi connectivity index (χ1) is 8.92. The fourth-order valence-electron chi connectivity index (χ4n) is 2.10. The quantitative estimate of drug-likeness (QED) is 0.868. The largest absolute Gasteiger partial charge is 0.478 e. The summed E-state index contributed by atoms with van der Waals surface area (Å²) in [7, 11) is 0. The van der Waals surface area contributed by atoms with Crippen LogP contribution < -0.4 is 0 Å². The van der Waals surface area contributed by atoms with Gasteiger partial charge in [-0.3, -0.25) is 0 Å². The van der Waals surface area contributed by atoms with E-state index in [4.69, 9.17) is 10.4 Å². The molecular formula is C15H15NO3. The average molecular weight is 257 g/mol. The first-order valence-electron chi connectivity index (χ1n) is 6.07. The molecule has 0 bridgehead atoms. The second kappa shape index (κ2) is 4.52. The number of carbonyl (C=O) groups is 1. The molecule has 4 heteroatoms. The molecule has 4 nitrogen and oxygen atoms in total. The summed E-state index contributed by atoms with van der Waals surface area (Å²) < 4.78 is 0. The number of carboxylic acid groups (broad SMARTS) is 1. The average Bonchev–Trinajstić information content (AvgIpc) is 3.18. The second-order valence-corrected chi connectivity index (χ2v) is 5.07. The summed E-state index contributed by atoms with van der Waals surface area (Å²) >= 11 is 0. The van der Waals surface area contributed by atoms with Crippen molar-refractivity contribution in [2.75, 3.05) is 0 Å². The van der Waals surface area contributed by atoms with Gasteiger partial charge >= 0.3 is 5.97 Å². The fourth-order valence-corrected chi connectivity index (χ4v) is 2.10. The van der Waals surface area contributed by atoms with Crippen molar-refractivity contribution < 1.29 is 15.0 Å². The molecule has 1 aliphatic rings. The maximum absolute atomic E-state index is 11.1. The van der Waals surface area contributed by atoms with Gasteiger partial charge in [-0.15, -0.1) is 0 Å². The van der Waals surface area contributed by atoms with Crippen LogP contribution in [0, 0.1) is 16.7 Å². The van der Waals surface area contributed by atoms with Gasteiger partial charge < -0.3 is 10.2 Å². The third kappa shape index (κ3) is 2.38. The van der Waals surface area contributed by atoms with E-state index in [1.165, 1.54) is 12.1 Å². The predicted molar refractivity (Wildman–Crippen MR) is 70.3 cm³/mol. The summed E-state index contributed by atoms with van der Waals surface area (Å²) in [4.78, 5) is 11.1. The summed E-state index contributed by atoms with van der Waals surface area (Å²) in [5.74, 6) is -1.01. The van der Waals surface area contributed by atoms with Crippen LogP contribution in [0.2, 0.25) is 0 Å². The molecule has 2 rings (SSSR count). The van der Waals surface area contributed by atoms with Crippen molar-refractivity contribution in [2.45, 2.75) is 25.4 Å². The molecule has 0 aromatic heterocycles. The molecule has 1 aliphatic carbocycles. The van der Waals surface area contributed by atoms with Gasteiger partial charge in [0.05, 0.1) is 22.6 Å². The molecule has 1 aromatic rings. The highest BCUT2D eigenvalue weighted by molar-refractivity contribution is 5.92. The van der Waals surface area contributed by atoms with Gasteiger partial charge in [-0.2, -0.15) is 5.26 Å². The highest BCUT2D eigenvalue weighted by atomic mass is 16.4. The molecule has 1 aromatic carbocycles. The van der Waals surface area contributed by atoms with E-state index in [0.717, 1.165) is 0 Å². The van der Waals surface area contributed by atoms with E-state index in [0.29, 0.717) is 18.4 Å². The van der Waals surface area contributed by atoms with E-state index in [2.05, 4.69) is 6.07 Å².